The fourth-order valence-corrected chi connectivity index (χ4v) is 3.02. The van der Waals surface area contributed by atoms with Crippen molar-refractivity contribution in [2.45, 2.75) is 18.9 Å². The molecule has 1 aromatic carbocycles. The van der Waals surface area contributed by atoms with Crippen molar-refractivity contribution in [2.75, 3.05) is 33.4 Å². The summed E-state index contributed by atoms with van der Waals surface area (Å²) in [5, 5.41) is 3.95. The average molecular weight is 302 g/mol. The minimum Gasteiger partial charge on any atom is -0.451 e. The summed E-state index contributed by atoms with van der Waals surface area (Å²) in [6.07, 6.45) is 2.29. The van der Waals surface area contributed by atoms with Gasteiger partial charge in [-0.1, -0.05) is 18.2 Å². The Morgan fingerprint density at radius 2 is 2.32 bits per heavy atom. The molecule has 1 aliphatic heterocycles. The number of ether oxygens (including phenoxy) is 1. The number of carbonyl (C=O) groups excluding carboxylic acids is 1. The number of rotatable bonds is 6. The van der Waals surface area contributed by atoms with E-state index >= 15 is 0 Å². The topological polar surface area (TPSA) is 54.7 Å². The van der Waals surface area contributed by atoms with Crippen LogP contribution in [0.2, 0.25) is 0 Å². The SMILES string of the molecule is COCCN1CCC[C@@H]1CNC(=O)c1cc2ccccc2o1. The van der Waals surface area contributed by atoms with Crippen molar-refractivity contribution in [2.24, 2.45) is 0 Å². The highest BCUT2D eigenvalue weighted by atomic mass is 16.5. The van der Waals surface area contributed by atoms with Crippen LogP contribution in [0.5, 0.6) is 0 Å². The maximum Gasteiger partial charge on any atom is 0.287 e. The van der Waals surface area contributed by atoms with E-state index in [2.05, 4.69) is 10.2 Å². The summed E-state index contributed by atoms with van der Waals surface area (Å²) >= 11 is 0. The molecule has 5 nitrogen and oxygen atoms in total. The van der Waals surface area contributed by atoms with Crippen molar-refractivity contribution >= 4 is 16.9 Å². The van der Waals surface area contributed by atoms with Gasteiger partial charge in [0.05, 0.1) is 6.61 Å². The Bertz CT molecular complexity index is 605. The first kappa shape index (κ1) is 15.1. The van der Waals surface area contributed by atoms with Crippen LogP contribution in [0.1, 0.15) is 23.4 Å². The average Bonchev–Trinajstić information content (AvgIpc) is 3.16. The van der Waals surface area contributed by atoms with Gasteiger partial charge in [-0.3, -0.25) is 9.69 Å². The van der Waals surface area contributed by atoms with Gasteiger partial charge in [-0.25, -0.2) is 0 Å². The Morgan fingerprint density at radius 1 is 1.45 bits per heavy atom. The first-order valence-electron chi connectivity index (χ1n) is 7.77. The third-order valence-corrected chi connectivity index (χ3v) is 4.23. The molecule has 0 spiro atoms. The van der Waals surface area contributed by atoms with Gasteiger partial charge in [0.25, 0.3) is 5.91 Å². The Morgan fingerprint density at radius 3 is 3.14 bits per heavy atom. The molecule has 2 heterocycles. The molecule has 5 heteroatoms. The number of fused-ring (bicyclic) bond motifs is 1. The minimum atomic E-state index is -0.144. The van der Waals surface area contributed by atoms with Gasteiger partial charge in [0, 0.05) is 31.6 Å². The van der Waals surface area contributed by atoms with Gasteiger partial charge in [0.2, 0.25) is 0 Å². The molecule has 0 radical (unpaired) electrons. The molecule has 1 fully saturated rings. The standard InChI is InChI=1S/C17H22N2O3/c1-21-10-9-19-8-4-6-14(19)12-18-17(20)16-11-13-5-2-3-7-15(13)22-16/h2-3,5,7,11,14H,4,6,8-10,12H2,1H3,(H,18,20)/t14-/m1/s1. The molecule has 1 aliphatic rings. The molecule has 1 N–H and O–H groups in total. The zero-order chi connectivity index (χ0) is 15.4. The van der Waals surface area contributed by atoms with E-state index in [-0.39, 0.29) is 5.91 Å². The van der Waals surface area contributed by atoms with E-state index in [1.165, 1.54) is 6.42 Å². The van der Waals surface area contributed by atoms with E-state index in [9.17, 15) is 4.79 Å². The molecule has 1 aromatic heterocycles. The van der Waals surface area contributed by atoms with Crippen LogP contribution in [0.4, 0.5) is 0 Å². The molecule has 1 amide bonds. The molecule has 1 saturated heterocycles. The molecule has 2 aromatic rings. The summed E-state index contributed by atoms with van der Waals surface area (Å²) in [6.45, 7) is 3.38. The van der Waals surface area contributed by atoms with Crippen LogP contribution in [0.15, 0.2) is 34.7 Å². The number of methoxy groups -OCH3 is 1. The van der Waals surface area contributed by atoms with Gasteiger partial charge in [-0.15, -0.1) is 0 Å². The fraction of sp³-hybridized carbons (Fsp3) is 0.471. The zero-order valence-corrected chi connectivity index (χ0v) is 12.9. The summed E-state index contributed by atoms with van der Waals surface area (Å²) in [5.74, 6) is 0.234. The number of amides is 1. The molecule has 0 unspecified atom stereocenters. The molecule has 0 aliphatic carbocycles. The number of likely N-dealkylation sites (tertiary alicyclic amines) is 1. The highest BCUT2D eigenvalue weighted by molar-refractivity contribution is 5.96. The lowest BCUT2D eigenvalue weighted by Crippen LogP contribution is -2.41. The van der Waals surface area contributed by atoms with E-state index in [1.54, 1.807) is 13.2 Å². The molecular formula is C17H22N2O3. The Labute approximate surface area is 130 Å². The summed E-state index contributed by atoms with van der Waals surface area (Å²) in [6, 6.07) is 9.84. The lowest BCUT2D eigenvalue weighted by molar-refractivity contribution is 0.0907. The molecule has 118 valence electrons. The number of benzene rings is 1. The van der Waals surface area contributed by atoms with E-state index in [0.29, 0.717) is 18.3 Å². The second-order valence-corrected chi connectivity index (χ2v) is 5.68. The largest absolute Gasteiger partial charge is 0.451 e. The van der Waals surface area contributed by atoms with Crippen molar-refractivity contribution in [3.8, 4) is 0 Å². The number of hydrogen-bond donors (Lipinski definition) is 1. The van der Waals surface area contributed by atoms with Crippen molar-refractivity contribution < 1.29 is 13.9 Å². The van der Waals surface area contributed by atoms with E-state index in [4.69, 9.17) is 9.15 Å². The van der Waals surface area contributed by atoms with Crippen LogP contribution >= 0.6 is 0 Å². The summed E-state index contributed by atoms with van der Waals surface area (Å²) in [7, 11) is 1.72. The normalized spacial score (nSPS) is 18.9. The van der Waals surface area contributed by atoms with Crippen LogP contribution in [-0.2, 0) is 4.74 Å². The number of nitrogens with one attached hydrogen (secondary N) is 1. The molecule has 1 atom stereocenters. The number of carbonyl (C=O) groups is 1. The van der Waals surface area contributed by atoms with E-state index in [1.807, 2.05) is 24.3 Å². The number of para-hydroxylation sites is 1. The maximum absolute atomic E-state index is 12.2. The second-order valence-electron chi connectivity index (χ2n) is 5.68. The van der Waals surface area contributed by atoms with Crippen molar-refractivity contribution in [1.82, 2.24) is 10.2 Å². The van der Waals surface area contributed by atoms with Crippen LogP contribution in [0, 0.1) is 0 Å². The van der Waals surface area contributed by atoms with Crippen LogP contribution in [0.25, 0.3) is 11.0 Å². The lowest BCUT2D eigenvalue weighted by atomic mass is 10.2. The van der Waals surface area contributed by atoms with Gasteiger partial charge in [0.15, 0.2) is 5.76 Å². The number of hydrogen-bond acceptors (Lipinski definition) is 4. The summed E-state index contributed by atoms with van der Waals surface area (Å²) in [4.78, 5) is 14.6. The number of furan rings is 1. The maximum atomic E-state index is 12.2. The first-order chi connectivity index (χ1) is 10.8. The smallest absolute Gasteiger partial charge is 0.287 e. The fourth-order valence-electron chi connectivity index (χ4n) is 3.02. The second kappa shape index (κ2) is 6.94. The summed E-state index contributed by atoms with van der Waals surface area (Å²) < 4.78 is 10.7. The Balaban J connectivity index is 1.57. The predicted octanol–water partition coefficient (Wildman–Crippen LogP) is 2.27. The highest BCUT2D eigenvalue weighted by Gasteiger charge is 2.24. The predicted molar refractivity (Wildman–Crippen MR) is 85.0 cm³/mol. The third-order valence-electron chi connectivity index (χ3n) is 4.23. The first-order valence-corrected chi connectivity index (χ1v) is 7.77. The van der Waals surface area contributed by atoms with Gasteiger partial charge in [-0.05, 0) is 31.5 Å². The zero-order valence-electron chi connectivity index (χ0n) is 12.9. The van der Waals surface area contributed by atoms with Crippen molar-refractivity contribution in [1.29, 1.82) is 0 Å². The lowest BCUT2D eigenvalue weighted by Gasteiger charge is -2.24. The number of nitrogens with zero attached hydrogens (tertiary/aromatic N) is 1. The van der Waals surface area contributed by atoms with Gasteiger partial charge in [0.1, 0.15) is 5.58 Å². The monoisotopic (exact) mass is 302 g/mol. The van der Waals surface area contributed by atoms with Crippen molar-refractivity contribution in [3.63, 3.8) is 0 Å². The third kappa shape index (κ3) is 3.31. The molecular weight excluding hydrogens is 280 g/mol. The molecule has 3 rings (SSSR count). The summed E-state index contributed by atoms with van der Waals surface area (Å²) in [5.41, 5.74) is 0.746. The Hall–Kier alpha value is -1.85. The molecule has 22 heavy (non-hydrogen) atoms. The van der Waals surface area contributed by atoms with Gasteiger partial charge < -0.3 is 14.5 Å². The van der Waals surface area contributed by atoms with Crippen molar-refractivity contribution in [3.05, 3.63) is 36.1 Å². The van der Waals surface area contributed by atoms with Crippen LogP contribution in [0.3, 0.4) is 0 Å². The van der Waals surface area contributed by atoms with Gasteiger partial charge >= 0.3 is 0 Å². The minimum absolute atomic E-state index is 0.144. The highest BCUT2D eigenvalue weighted by Crippen LogP contribution is 2.19. The van der Waals surface area contributed by atoms with Crippen LogP contribution in [-0.4, -0.2) is 50.2 Å². The molecule has 0 bridgehead atoms. The quantitative estimate of drug-likeness (QED) is 0.889. The van der Waals surface area contributed by atoms with Crippen LogP contribution < -0.4 is 5.32 Å². The van der Waals surface area contributed by atoms with Gasteiger partial charge in [-0.2, -0.15) is 0 Å². The van der Waals surface area contributed by atoms with E-state index in [0.717, 1.165) is 37.1 Å². The Kier molecular flexibility index (Phi) is 4.75. The van der Waals surface area contributed by atoms with E-state index < -0.39 is 0 Å². The molecule has 0 saturated carbocycles.